The van der Waals surface area contributed by atoms with Gasteiger partial charge in [0.2, 0.25) is 0 Å². The van der Waals surface area contributed by atoms with Gasteiger partial charge in [0.25, 0.3) is 0 Å². The van der Waals surface area contributed by atoms with E-state index in [1.54, 1.807) is 30.3 Å². The van der Waals surface area contributed by atoms with Crippen LogP contribution in [0.5, 0.6) is 0 Å². The molecule has 0 aromatic heterocycles. The lowest BCUT2D eigenvalue weighted by Gasteiger charge is -2.03. The van der Waals surface area contributed by atoms with Crippen molar-refractivity contribution in [2.45, 2.75) is 117 Å². The molecule has 0 unspecified atom stereocenters. The van der Waals surface area contributed by atoms with E-state index in [0.717, 1.165) is 0 Å². The number of carbonyl (C=O) groups is 1. The van der Waals surface area contributed by atoms with Crippen LogP contribution >= 0.6 is 0 Å². The van der Waals surface area contributed by atoms with Crippen molar-refractivity contribution in [3.63, 3.8) is 0 Å². The minimum Gasteiger partial charge on any atom is -0.478 e. The molecule has 1 aromatic rings. The minimum absolute atomic E-state index is 0.331. The highest BCUT2D eigenvalue weighted by atomic mass is 16.4. The molecule has 2 nitrogen and oxygen atoms in total. The highest BCUT2D eigenvalue weighted by Gasteiger charge is 1.96. The van der Waals surface area contributed by atoms with Crippen LogP contribution in [0.3, 0.4) is 0 Å². The summed E-state index contributed by atoms with van der Waals surface area (Å²) in [5, 5.41) is 8.38. The van der Waals surface area contributed by atoms with Crippen LogP contribution in [0.15, 0.2) is 30.3 Å². The summed E-state index contributed by atoms with van der Waals surface area (Å²) in [7, 11) is 0. The van der Waals surface area contributed by atoms with Crippen molar-refractivity contribution in [2.75, 3.05) is 0 Å². The van der Waals surface area contributed by atoms with Crippen molar-refractivity contribution in [2.24, 2.45) is 0 Å². The second-order valence-electron chi connectivity index (χ2n) is 7.62. The van der Waals surface area contributed by atoms with E-state index in [0.29, 0.717) is 5.56 Å². The molecule has 1 rings (SSSR count). The molecule has 0 saturated heterocycles. The number of hydrogen-bond donors (Lipinski definition) is 1. The van der Waals surface area contributed by atoms with Crippen LogP contribution in [0, 0.1) is 0 Å². The van der Waals surface area contributed by atoms with Crippen LogP contribution < -0.4 is 0 Å². The van der Waals surface area contributed by atoms with Gasteiger partial charge >= 0.3 is 5.97 Å². The van der Waals surface area contributed by atoms with Crippen molar-refractivity contribution in [3.8, 4) is 0 Å². The first-order valence-electron chi connectivity index (χ1n) is 11.5. The molecule has 0 amide bonds. The molecule has 0 spiro atoms. The summed E-state index contributed by atoms with van der Waals surface area (Å²) in [6.07, 6.45) is 23.4. The van der Waals surface area contributed by atoms with E-state index in [1.165, 1.54) is 103 Å². The first-order valence-corrected chi connectivity index (χ1v) is 11.5. The Hall–Kier alpha value is -1.31. The number of hydrogen-bond acceptors (Lipinski definition) is 1. The Bertz CT molecular complexity index is 398. The molecular weight excluding hydrogens is 332 g/mol. The molecule has 1 aromatic carbocycles. The van der Waals surface area contributed by atoms with Gasteiger partial charge in [0.1, 0.15) is 0 Å². The summed E-state index contributed by atoms with van der Waals surface area (Å²) in [6, 6.07) is 8.30. The number of aromatic carboxylic acids is 1. The molecule has 0 aliphatic heterocycles. The molecule has 0 radical (unpaired) electrons. The van der Waals surface area contributed by atoms with Crippen LogP contribution in [-0.4, -0.2) is 11.1 Å². The Kier molecular flexibility index (Phi) is 20.0. The second kappa shape index (κ2) is 21.0. The lowest BCUT2D eigenvalue weighted by Crippen LogP contribution is -1.93. The molecule has 1 N–H and O–H groups in total. The van der Waals surface area contributed by atoms with Crippen molar-refractivity contribution < 1.29 is 9.90 Å². The summed E-state index contributed by atoms with van der Waals surface area (Å²) in [5.41, 5.74) is 0.331. The monoisotopic (exact) mass is 376 g/mol. The van der Waals surface area contributed by atoms with E-state index < -0.39 is 5.97 Å². The van der Waals surface area contributed by atoms with Gasteiger partial charge in [0.15, 0.2) is 0 Å². The van der Waals surface area contributed by atoms with Gasteiger partial charge in [0.05, 0.1) is 5.56 Å². The minimum atomic E-state index is -0.879. The quantitative estimate of drug-likeness (QED) is 0.293. The van der Waals surface area contributed by atoms with Crippen LogP contribution in [0.2, 0.25) is 0 Å². The molecular formula is C25H44O2. The number of carboxylic acids is 1. The van der Waals surface area contributed by atoms with Gasteiger partial charge in [-0.3, -0.25) is 0 Å². The van der Waals surface area contributed by atoms with E-state index in [2.05, 4.69) is 13.8 Å². The molecule has 0 saturated carbocycles. The van der Waals surface area contributed by atoms with Gasteiger partial charge in [0, 0.05) is 0 Å². The van der Waals surface area contributed by atoms with Gasteiger partial charge < -0.3 is 5.11 Å². The van der Waals surface area contributed by atoms with Crippen molar-refractivity contribution in [1.29, 1.82) is 0 Å². The van der Waals surface area contributed by atoms with E-state index >= 15 is 0 Å². The Labute approximate surface area is 168 Å². The topological polar surface area (TPSA) is 37.3 Å². The molecule has 0 fully saturated rings. The summed E-state index contributed by atoms with van der Waals surface area (Å²) < 4.78 is 0. The molecule has 0 heterocycles. The molecule has 27 heavy (non-hydrogen) atoms. The van der Waals surface area contributed by atoms with Gasteiger partial charge in [-0.05, 0) is 12.1 Å². The zero-order valence-electron chi connectivity index (χ0n) is 18.1. The Morgan fingerprint density at radius 3 is 1.11 bits per heavy atom. The molecule has 156 valence electrons. The first kappa shape index (κ1) is 25.7. The number of rotatable bonds is 16. The highest BCUT2D eigenvalue weighted by Crippen LogP contribution is 2.13. The molecule has 0 atom stereocenters. The SMILES string of the molecule is CCCCCCCCCCCCCCCCCC.O=C(O)c1ccccc1. The molecule has 2 heteroatoms. The smallest absolute Gasteiger partial charge is 0.335 e. The van der Waals surface area contributed by atoms with Crippen LogP contribution in [0.1, 0.15) is 127 Å². The van der Waals surface area contributed by atoms with Gasteiger partial charge in [-0.1, -0.05) is 135 Å². The highest BCUT2D eigenvalue weighted by molar-refractivity contribution is 5.87. The summed E-state index contributed by atoms with van der Waals surface area (Å²) >= 11 is 0. The fraction of sp³-hybridized carbons (Fsp3) is 0.720. The zero-order chi connectivity index (χ0) is 20.0. The predicted molar refractivity (Wildman–Crippen MR) is 119 cm³/mol. The van der Waals surface area contributed by atoms with Crippen molar-refractivity contribution in [3.05, 3.63) is 35.9 Å². The van der Waals surface area contributed by atoms with E-state index in [1.807, 2.05) is 0 Å². The average molecular weight is 377 g/mol. The Morgan fingerprint density at radius 2 is 0.889 bits per heavy atom. The summed E-state index contributed by atoms with van der Waals surface area (Å²) in [5.74, 6) is -0.879. The Balaban J connectivity index is 0.000000621. The van der Waals surface area contributed by atoms with Gasteiger partial charge in [-0.2, -0.15) is 0 Å². The zero-order valence-corrected chi connectivity index (χ0v) is 18.1. The van der Waals surface area contributed by atoms with Crippen molar-refractivity contribution in [1.82, 2.24) is 0 Å². The third-order valence-electron chi connectivity index (χ3n) is 4.98. The number of unbranched alkanes of at least 4 members (excludes halogenated alkanes) is 15. The fourth-order valence-electron chi connectivity index (χ4n) is 3.20. The third-order valence-corrected chi connectivity index (χ3v) is 4.98. The summed E-state index contributed by atoms with van der Waals surface area (Å²) in [6.45, 7) is 4.59. The van der Waals surface area contributed by atoms with E-state index in [-0.39, 0.29) is 0 Å². The Morgan fingerprint density at radius 1 is 0.593 bits per heavy atom. The lowest BCUT2D eigenvalue weighted by molar-refractivity contribution is 0.0697. The van der Waals surface area contributed by atoms with Crippen LogP contribution in [0.4, 0.5) is 0 Å². The normalized spacial score (nSPS) is 10.3. The lowest BCUT2D eigenvalue weighted by atomic mass is 10.0. The maximum atomic E-state index is 10.2. The molecule has 0 aliphatic carbocycles. The van der Waals surface area contributed by atoms with E-state index in [9.17, 15) is 4.79 Å². The number of carboxylic acid groups (broad SMARTS) is 1. The first-order chi connectivity index (χ1) is 13.2. The maximum absolute atomic E-state index is 10.2. The summed E-state index contributed by atoms with van der Waals surface area (Å²) in [4.78, 5) is 10.2. The maximum Gasteiger partial charge on any atom is 0.335 e. The number of benzene rings is 1. The molecule has 0 aliphatic rings. The fourth-order valence-corrected chi connectivity index (χ4v) is 3.20. The van der Waals surface area contributed by atoms with Crippen LogP contribution in [-0.2, 0) is 0 Å². The standard InChI is InChI=1S/C18H38.C7H6O2/c1-3-5-7-9-11-13-15-17-18-16-14-12-10-8-6-4-2;8-7(9)6-4-2-1-3-5-6/h3-18H2,1-2H3;1-5H,(H,8,9). The molecule has 0 bridgehead atoms. The third kappa shape index (κ3) is 19.3. The largest absolute Gasteiger partial charge is 0.478 e. The van der Waals surface area contributed by atoms with Gasteiger partial charge in [-0.15, -0.1) is 0 Å². The second-order valence-corrected chi connectivity index (χ2v) is 7.62. The van der Waals surface area contributed by atoms with Gasteiger partial charge in [-0.25, -0.2) is 4.79 Å². The van der Waals surface area contributed by atoms with Crippen molar-refractivity contribution >= 4 is 5.97 Å². The average Bonchev–Trinajstić information content (AvgIpc) is 2.69. The van der Waals surface area contributed by atoms with Crippen LogP contribution in [0.25, 0.3) is 0 Å². The van der Waals surface area contributed by atoms with E-state index in [4.69, 9.17) is 5.11 Å². The predicted octanol–water partition coefficient (Wildman–Crippen LogP) is 8.65.